The summed E-state index contributed by atoms with van der Waals surface area (Å²) in [5, 5.41) is 20.6. The van der Waals surface area contributed by atoms with Gasteiger partial charge in [0, 0.05) is 5.41 Å². The molecule has 0 amide bonds. The van der Waals surface area contributed by atoms with Crippen LogP contribution in [0.3, 0.4) is 0 Å². The molecule has 1 aliphatic rings. The van der Waals surface area contributed by atoms with Crippen LogP contribution in [-0.4, -0.2) is 27.8 Å². The number of fused-ring (bicyclic) bond motifs is 1. The molecule has 5 rings (SSSR count). The van der Waals surface area contributed by atoms with E-state index in [2.05, 4.69) is 17.1 Å². The van der Waals surface area contributed by atoms with E-state index < -0.39 is 11.6 Å². The SMILES string of the molecule is CC(C)(O)c1ccccc1CCC(OCC1(CC(=O)O)CC1)c1cccc(C=Cc2ccc3sc(Cl)c(Cl)c3n2)c1. The molecule has 0 spiro atoms. The lowest BCUT2D eigenvalue weighted by molar-refractivity contribution is -0.139. The number of rotatable bonds is 12. The van der Waals surface area contributed by atoms with Gasteiger partial charge in [0.2, 0.25) is 0 Å². The van der Waals surface area contributed by atoms with Crippen LogP contribution in [0.4, 0.5) is 0 Å². The van der Waals surface area contributed by atoms with Crippen molar-refractivity contribution in [3.63, 3.8) is 0 Å². The number of pyridine rings is 1. The van der Waals surface area contributed by atoms with Crippen molar-refractivity contribution >= 4 is 62.9 Å². The summed E-state index contributed by atoms with van der Waals surface area (Å²) in [5.41, 5.74) is 4.25. The minimum atomic E-state index is -0.952. The number of hydrogen-bond acceptors (Lipinski definition) is 5. The standard InChI is InChI=1S/C33H33Cl2NO4S/c1-32(2,39)25-9-4-3-7-22(25)11-14-26(40-20-33(16-17-33)19-28(37)38)23-8-5-6-21(18-23)10-12-24-13-15-27-30(36-24)29(34)31(35)41-27/h3-10,12-13,15,18,26,39H,11,14,16-17,19-20H2,1-2H3,(H,37,38). The second-order valence-electron chi connectivity index (χ2n) is 11.4. The van der Waals surface area contributed by atoms with Crippen LogP contribution in [0.25, 0.3) is 22.4 Å². The second-order valence-corrected chi connectivity index (χ2v) is 13.4. The van der Waals surface area contributed by atoms with Crippen molar-refractivity contribution in [3.05, 3.63) is 98.0 Å². The minimum absolute atomic E-state index is 0.126. The number of aryl methyl sites for hydroxylation is 1. The zero-order valence-electron chi connectivity index (χ0n) is 23.1. The van der Waals surface area contributed by atoms with E-state index in [1.807, 2.05) is 60.7 Å². The van der Waals surface area contributed by atoms with E-state index >= 15 is 0 Å². The Labute approximate surface area is 254 Å². The number of thiophene rings is 1. The van der Waals surface area contributed by atoms with Crippen LogP contribution in [0.15, 0.2) is 60.7 Å². The van der Waals surface area contributed by atoms with Crippen LogP contribution in [0.5, 0.6) is 0 Å². The Bertz CT molecular complexity index is 1590. The van der Waals surface area contributed by atoms with Gasteiger partial charge in [-0.15, -0.1) is 11.3 Å². The summed E-state index contributed by atoms with van der Waals surface area (Å²) in [6.45, 7) is 4.00. The molecule has 0 aliphatic heterocycles. The fourth-order valence-electron chi connectivity index (χ4n) is 5.19. The maximum Gasteiger partial charge on any atom is 0.303 e. The van der Waals surface area contributed by atoms with Gasteiger partial charge in [-0.05, 0) is 86.1 Å². The lowest BCUT2D eigenvalue weighted by Crippen LogP contribution is -2.20. The van der Waals surface area contributed by atoms with E-state index in [1.165, 1.54) is 11.3 Å². The van der Waals surface area contributed by atoms with Crippen LogP contribution in [0.2, 0.25) is 9.36 Å². The van der Waals surface area contributed by atoms with Gasteiger partial charge in [0.15, 0.2) is 0 Å². The minimum Gasteiger partial charge on any atom is -0.481 e. The summed E-state index contributed by atoms with van der Waals surface area (Å²) < 4.78 is 7.98. The number of carboxylic acid groups (broad SMARTS) is 1. The number of ether oxygens (including phenoxy) is 1. The third kappa shape index (κ3) is 7.37. The summed E-state index contributed by atoms with van der Waals surface area (Å²) in [6.07, 6.45) is 6.99. The molecule has 214 valence electrons. The predicted octanol–water partition coefficient (Wildman–Crippen LogP) is 8.95. The Kier molecular flexibility index (Phi) is 8.88. The van der Waals surface area contributed by atoms with Crippen molar-refractivity contribution in [2.45, 2.75) is 57.7 Å². The molecule has 0 saturated heterocycles. The van der Waals surface area contributed by atoms with Crippen molar-refractivity contribution < 1.29 is 19.7 Å². The molecule has 1 saturated carbocycles. The quantitative estimate of drug-likeness (QED) is 0.167. The molecule has 1 atom stereocenters. The van der Waals surface area contributed by atoms with Crippen molar-refractivity contribution in [3.8, 4) is 0 Å². The van der Waals surface area contributed by atoms with E-state index in [4.69, 9.17) is 27.9 Å². The number of carbonyl (C=O) groups is 1. The molecule has 8 heteroatoms. The number of hydrogen-bond donors (Lipinski definition) is 2. The summed E-state index contributed by atoms with van der Waals surface area (Å²) >= 11 is 13.9. The first kappa shape index (κ1) is 29.7. The highest BCUT2D eigenvalue weighted by Gasteiger charge is 2.45. The first-order valence-electron chi connectivity index (χ1n) is 13.7. The Balaban J connectivity index is 1.38. The smallest absolute Gasteiger partial charge is 0.303 e. The first-order chi connectivity index (χ1) is 19.5. The number of nitrogens with zero attached hydrogens (tertiary/aromatic N) is 1. The summed E-state index contributed by atoms with van der Waals surface area (Å²) in [5.74, 6) is -0.785. The van der Waals surface area contributed by atoms with Gasteiger partial charge in [0.1, 0.15) is 9.85 Å². The monoisotopic (exact) mass is 609 g/mol. The molecular weight excluding hydrogens is 577 g/mol. The molecular formula is C33H33Cl2NO4S. The van der Waals surface area contributed by atoms with Crippen molar-refractivity contribution in [1.29, 1.82) is 0 Å². The number of aliphatic hydroxyl groups is 1. The van der Waals surface area contributed by atoms with Crippen LogP contribution in [-0.2, 0) is 21.6 Å². The average molecular weight is 611 g/mol. The number of aliphatic carboxylic acids is 1. The maximum absolute atomic E-state index is 11.4. The Morgan fingerprint density at radius 2 is 1.90 bits per heavy atom. The first-order valence-corrected chi connectivity index (χ1v) is 15.3. The highest BCUT2D eigenvalue weighted by Crippen LogP contribution is 2.50. The van der Waals surface area contributed by atoms with Crippen LogP contribution in [0, 0.1) is 5.41 Å². The Morgan fingerprint density at radius 1 is 1.12 bits per heavy atom. The number of halogens is 2. The van der Waals surface area contributed by atoms with Gasteiger partial charge in [0.05, 0.1) is 40.1 Å². The molecule has 5 nitrogen and oxygen atoms in total. The highest BCUT2D eigenvalue weighted by atomic mass is 35.5. The summed E-state index contributed by atoms with van der Waals surface area (Å²) in [7, 11) is 0. The molecule has 1 fully saturated rings. The molecule has 1 aliphatic carbocycles. The number of benzene rings is 2. The Hall–Kier alpha value is -2.74. The third-order valence-corrected chi connectivity index (χ3v) is 9.55. The lowest BCUT2D eigenvalue weighted by Gasteiger charge is -2.25. The molecule has 4 aromatic rings. The highest BCUT2D eigenvalue weighted by molar-refractivity contribution is 7.23. The molecule has 41 heavy (non-hydrogen) atoms. The average Bonchev–Trinajstić information content (AvgIpc) is 3.63. The summed E-state index contributed by atoms with van der Waals surface area (Å²) in [6, 6.07) is 20.0. The maximum atomic E-state index is 11.4. The summed E-state index contributed by atoms with van der Waals surface area (Å²) in [4.78, 5) is 16.1. The largest absolute Gasteiger partial charge is 0.481 e. The van der Waals surface area contributed by atoms with Gasteiger partial charge in [-0.25, -0.2) is 4.98 Å². The van der Waals surface area contributed by atoms with Crippen LogP contribution in [0.1, 0.15) is 73.6 Å². The van der Waals surface area contributed by atoms with Gasteiger partial charge >= 0.3 is 5.97 Å². The zero-order chi connectivity index (χ0) is 29.2. The van der Waals surface area contributed by atoms with Crippen LogP contribution < -0.4 is 0 Å². The third-order valence-electron chi connectivity index (χ3n) is 7.62. The fraction of sp³-hybridized carbons (Fsp3) is 0.333. The molecule has 0 radical (unpaired) electrons. The molecule has 2 heterocycles. The van der Waals surface area contributed by atoms with Crippen molar-refractivity contribution in [2.75, 3.05) is 6.61 Å². The Morgan fingerprint density at radius 3 is 2.63 bits per heavy atom. The molecule has 2 aromatic heterocycles. The topological polar surface area (TPSA) is 79.7 Å². The van der Waals surface area contributed by atoms with Gasteiger partial charge < -0.3 is 14.9 Å². The molecule has 1 unspecified atom stereocenters. The van der Waals surface area contributed by atoms with Gasteiger partial charge in [-0.2, -0.15) is 0 Å². The van der Waals surface area contributed by atoms with Gasteiger partial charge in [0.25, 0.3) is 0 Å². The van der Waals surface area contributed by atoms with Gasteiger partial charge in [-0.1, -0.05) is 71.7 Å². The van der Waals surface area contributed by atoms with E-state index in [-0.39, 0.29) is 17.9 Å². The normalized spacial score (nSPS) is 15.4. The fourth-order valence-corrected chi connectivity index (χ4v) is 6.60. The molecule has 0 bridgehead atoms. The molecule has 2 aromatic carbocycles. The molecule has 2 N–H and O–H groups in total. The zero-order valence-corrected chi connectivity index (χ0v) is 25.4. The second kappa shape index (κ2) is 12.2. The van der Waals surface area contributed by atoms with Crippen molar-refractivity contribution in [2.24, 2.45) is 5.41 Å². The van der Waals surface area contributed by atoms with E-state index in [9.17, 15) is 15.0 Å². The van der Waals surface area contributed by atoms with E-state index in [1.54, 1.807) is 13.8 Å². The predicted molar refractivity (Wildman–Crippen MR) is 168 cm³/mol. The van der Waals surface area contributed by atoms with Crippen LogP contribution >= 0.6 is 34.5 Å². The van der Waals surface area contributed by atoms with Gasteiger partial charge in [-0.3, -0.25) is 4.79 Å². The number of carboxylic acids is 1. The number of aromatic nitrogens is 1. The van der Waals surface area contributed by atoms with E-state index in [0.29, 0.717) is 34.3 Å². The van der Waals surface area contributed by atoms with Crippen molar-refractivity contribution in [1.82, 2.24) is 4.98 Å². The lowest BCUT2D eigenvalue weighted by atomic mass is 9.89. The van der Waals surface area contributed by atoms with E-state index in [0.717, 1.165) is 45.5 Å².